The monoisotopic (exact) mass is 337 g/mol. The molecule has 2 heterocycles. The highest BCUT2D eigenvalue weighted by Gasteiger charge is 2.56. The third-order valence-electron chi connectivity index (χ3n) is 3.01. The molecule has 1 unspecified atom stereocenters. The maximum absolute atomic E-state index is 13.6. The van der Waals surface area contributed by atoms with E-state index in [0.717, 1.165) is 0 Å². The molecule has 1 saturated heterocycles. The zero-order valence-electron chi connectivity index (χ0n) is 12.8. The first-order valence-electron chi connectivity index (χ1n) is 6.87. The Morgan fingerprint density at radius 2 is 2.41 bits per heavy atom. The van der Waals surface area contributed by atoms with Crippen LogP contribution in [-0.4, -0.2) is 50.1 Å². The fourth-order valence-electron chi connectivity index (χ4n) is 1.98. The van der Waals surface area contributed by atoms with Crippen molar-refractivity contribution in [3.63, 3.8) is 0 Å². The lowest BCUT2D eigenvalue weighted by atomic mass is 9.99. The average Bonchev–Trinajstić information content (AvgIpc) is 2.74. The molecule has 1 aromatic heterocycles. The van der Waals surface area contributed by atoms with Crippen molar-refractivity contribution in [2.45, 2.75) is 23.3 Å². The van der Waals surface area contributed by atoms with E-state index in [4.69, 9.17) is 24.8 Å². The van der Waals surface area contributed by atoms with Crippen LogP contribution in [0.15, 0.2) is 11.0 Å². The van der Waals surface area contributed by atoms with Crippen molar-refractivity contribution in [3.05, 3.63) is 22.5 Å². The zero-order valence-corrected chi connectivity index (χ0v) is 11.6. The summed E-state index contributed by atoms with van der Waals surface area (Å²) in [4.78, 5) is 12.8. The van der Waals surface area contributed by atoms with Crippen molar-refractivity contribution < 1.29 is 26.5 Å². The van der Waals surface area contributed by atoms with E-state index in [1.54, 1.807) is 0 Å². The van der Waals surface area contributed by atoms with Crippen LogP contribution in [0.3, 0.4) is 0 Å². The number of anilines is 1. The Morgan fingerprint density at radius 3 is 3.00 bits per heavy atom. The van der Waals surface area contributed by atoms with Gasteiger partial charge in [-0.3, -0.25) is 4.57 Å². The molecule has 10 heteroatoms. The summed E-state index contributed by atoms with van der Waals surface area (Å²) in [5, 5.41) is 19.6. The number of hydrogen-bond donors (Lipinski definition) is 3. The van der Waals surface area contributed by atoms with Crippen LogP contribution in [0, 0.1) is 17.7 Å². The Bertz CT molecular complexity index is 763. The minimum absolute atomic E-state index is 0.487. The van der Waals surface area contributed by atoms with Crippen LogP contribution in [0.5, 0.6) is 0 Å². The van der Waals surface area contributed by atoms with E-state index in [2.05, 4.69) is 10.9 Å². The Hall–Kier alpha value is -1.73. The van der Waals surface area contributed by atoms with Gasteiger partial charge in [0.15, 0.2) is 22.7 Å². The van der Waals surface area contributed by atoms with E-state index in [1.807, 2.05) is 5.92 Å². The lowest BCUT2D eigenvalue weighted by Gasteiger charge is -2.25. The molecule has 0 aliphatic carbocycles. The van der Waals surface area contributed by atoms with Crippen LogP contribution in [0.25, 0.3) is 0 Å². The maximum atomic E-state index is 13.6. The first kappa shape index (κ1) is 13.9. The van der Waals surface area contributed by atoms with Crippen molar-refractivity contribution in [1.29, 1.82) is 0 Å². The number of ether oxygens (including phenoxy) is 1. The summed E-state index contributed by atoms with van der Waals surface area (Å²) in [6.07, 6.45) is -5.11. The molecule has 4 N–H and O–H groups in total. The number of halogens is 3. The normalized spacial score (nSPS) is 32.9. The highest BCUT2D eigenvalue weighted by Crippen LogP contribution is 2.42. The summed E-state index contributed by atoms with van der Waals surface area (Å²) < 4.78 is 46.1. The van der Waals surface area contributed by atoms with E-state index < -0.39 is 53.9 Å². The summed E-state index contributed by atoms with van der Waals surface area (Å²) in [7, 11) is 0. The maximum Gasteiger partial charge on any atom is 0.351 e. The molecule has 0 saturated carbocycles. The van der Waals surface area contributed by atoms with E-state index in [1.165, 1.54) is 0 Å². The van der Waals surface area contributed by atoms with Crippen molar-refractivity contribution in [2.75, 3.05) is 19.0 Å². The van der Waals surface area contributed by atoms with Gasteiger partial charge in [0, 0.05) is 0 Å². The molecular formula is C12H12ClF2N3O4. The van der Waals surface area contributed by atoms with Crippen molar-refractivity contribution in [2.24, 2.45) is 0 Å². The van der Waals surface area contributed by atoms with Gasteiger partial charge in [0.05, 0.1) is 15.5 Å². The van der Waals surface area contributed by atoms with Crippen LogP contribution in [-0.2, 0) is 4.74 Å². The summed E-state index contributed by atoms with van der Waals surface area (Å²) in [5.74, 6) is 2.24. The van der Waals surface area contributed by atoms with Gasteiger partial charge < -0.3 is 20.7 Å². The van der Waals surface area contributed by atoms with Crippen molar-refractivity contribution in [3.8, 4) is 11.8 Å². The SMILES string of the molecule is [2H]C([2H])(O)[C@H]1O[C@@H](n2cc(F)c(N)nc2=O)C(Cl)(C#CCF)[C@H]1O. The quantitative estimate of drug-likeness (QED) is 0.480. The number of rotatable bonds is 2. The van der Waals surface area contributed by atoms with E-state index >= 15 is 0 Å². The van der Waals surface area contributed by atoms with Crippen LogP contribution in [0.2, 0.25) is 0 Å². The number of nitrogens with zero attached hydrogens (tertiary/aromatic N) is 2. The first-order valence-corrected chi connectivity index (χ1v) is 6.25. The van der Waals surface area contributed by atoms with E-state index in [0.29, 0.717) is 10.8 Å². The number of nitrogens with two attached hydrogens (primary N) is 1. The zero-order chi connectivity index (χ0) is 18.3. The Morgan fingerprint density at radius 1 is 1.73 bits per heavy atom. The lowest BCUT2D eigenvalue weighted by Crippen LogP contribution is -2.43. The molecule has 1 aromatic rings. The molecule has 0 aromatic carbocycles. The minimum atomic E-state index is -3.07. The molecule has 1 aliphatic rings. The number of alkyl halides is 2. The number of aliphatic hydroxyl groups excluding tert-OH is 1. The number of aromatic nitrogens is 2. The first-order chi connectivity index (χ1) is 11.0. The molecule has 1 aliphatic heterocycles. The van der Waals surface area contributed by atoms with Crippen LogP contribution in [0.4, 0.5) is 14.6 Å². The number of hydrogen-bond acceptors (Lipinski definition) is 6. The fourth-order valence-corrected chi connectivity index (χ4v) is 2.32. The predicted molar refractivity (Wildman–Crippen MR) is 72.2 cm³/mol. The minimum Gasteiger partial charge on any atom is -0.394 e. The highest BCUT2D eigenvalue weighted by atomic mass is 35.5. The van der Waals surface area contributed by atoms with Crippen LogP contribution >= 0.6 is 11.6 Å². The average molecular weight is 338 g/mol. The van der Waals surface area contributed by atoms with Gasteiger partial charge in [-0.1, -0.05) is 23.4 Å². The van der Waals surface area contributed by atoms with Crippen LogP contribution in [0.1, 0.15) is 8.97 Å². The molecule has 1 fully saturated rings. The summed E-state index contributed by atoms with van der Waals surface area (Å²) in [5.41, 5.74) is 4.03. The molecule has 0 bridgehead atoms. The van der Waals surface area contributed by atoms with Gasteiger partial charge in [-0.25, -0.2) is 13.6 Å². The van der Waals surface area contributed by atoms with Gasteiger partial charge in [0.25, 0.3) is 0 Å². The Kier molecular flexibility index (Phi) is 3.90. The Balaban J connectivity index is 2.62. The molecule has 0 spiro atoms. The standard InChI is InChI=1S/C12H12ClF2N3O4/c13-12(2-1-3-14)8(20)7(5-19)22-10(12)18-4-6(15)9(16)17-11(18)21/h4,7-8,10,19-20H,3,5H2,(H2,16,17,21)/t7-,8+,10-,12?/m1/s1/i5D2. The predicted octanol–water partition coefficient (Wildman–Crippen LogP) is -0.834. The van der Waals surface area contributed by atoms with Gasteiger partial charge >= 0.3 is 5.69 Å². The topological polar surface area (TPSA) is 111 Å². The summed E-state index contributed by atoms with van der Waals surface area (Å²) in [6.45, 7) is -4.23. The molecular weight excluding hydrogens is 324 g/mol. The fraction of sp³-hybridized carbons (Fsp3) is 0.500. The molecule has 4 atom stereocenters. The van der Waals surface area contributed by atoms with E-state index in [9.17, 15) is 23.8 Å². The van der Waals surface area contributed by atoms with Crippen molar-refractivity contribution in [1.82, 2.24) is 9.55 Å². The van der Waals surface area contributed by atoms with Gasteiger partial charge in [0.2, 0.25) is 0 Å². The second kappa shape index (κ2) is 6.18. The highest BCUT2D eigenvalue weighted by molar-refractivity contribution is 6.27. The largest absolute Gasteiger partial charge is 0.394 e. The van der Waals surface area contributed by atoms with Gasteiger partial charge in [-0.15, -0.1) is 0 Å². The second-order valence-corrected chi connectivity index (χ2v) is 4.98. The Labute approximate surface area is 131 Å². The molecule has 0 amide bonds. The number of aliphatic hydroxyl groups is 2. The second-order valence-electron chi connectivity index (χ2n) is 4.35. The summed E-state index contributed by atoms with van der Waals surface area (Å²) in [6, 6.07) is 0. The molecule has 0 radical (unpaired) electrons. The lowest BCUT2D eigenvalue weighted by molar-refractivity contribution is -0.0467. The van der Waals surface area contributed by atoms with E-state index in [-0.39, 0.29) is 0 Å². The molecule has 2 rings (SSSR count). The smallest absolute Gasteiger partial charge is 0.351 e. The van der Waals surface area contributed by atoms with Gasteiger partial charge in [-0.2, -0.15) is 4.98 Å². The number of nitrogen functional groups attached to an aromatic ring is 1. The van der Waals surface area contributed by atoms with Crippen LogP contribution < -0.4 is 11.4 Å². The third kappa shape index (κ3) is 2.66. The van der Waals surface area contributed by atoms with Gasteiger partial charge in [-0.05, 0) is 0 Å². The molecule has 22 heavy (non-hydrogen) atoms. The third-order valence-corrected chi connectivity index (χ3v) is 3.52. The molecule has 120 valence electrons. The summed E-state index contributed by atoms with van der Waals surface area (Å²) >= 11 is 6.13. The van der Waals surface area contributed by atoms with Crippen molar-refractivity contribution >= 4 is 17.4 Å². The molecule has 7 nitrogen and oxygen atoms in total. The van der Waals surface area contributed by atoms with Gasteiger partial charge in [0.1, 0.15) is 18.9 Å².